The van der Waals surface area contributed by atoms with Crippen LogP contribution in [-0.2, 0) is 4.74 Å². The van der Waals surface area contributed by atoms with Gasteiger partial charge in [0.25, 0.3) is 0 Å². The molecule has 0 saturated heterocycles. The summed E-state index contributed by atoms with van der Waals surface area (Å²) >= 11 is 0. The molecule has 34 heavy (non-hydrogen) atoms. The number of aliphatic hydroxyl groups excluding tert-OH is 1. The second-order valence-electron chi connectivity index (χ2n) is 10.5. The molecule has 0 bridgehead atoms. The highest BCUT2D eigenvalue weighted by molar-refractivity contribution is 5.91. The summed E-state index contributed by atoms with van der Waals surface area (Å²) in [5.41, 5.74) is 2.81. The van der Waals surface area contributed by atoms with Gasteiger partial charge in [0.05, 0.1) is 6.10 Å². The number of carbonyl (C=O) groups is 1. The van der Waals surface area contributed by atoms with Gasteiger partial charge in [0.1, 0.15) is 11.2 Å². The standard InChI is InChI=1S/C26H39N5O3/c1-5-6-13-27-24-28-16-21-22(17-31(23(21)29-24)19-7-9-20(32)10-8-19)18-11-14-30(15-12-18)25(33)34-26(2,3)4/h11,16-17,19-20,32H,5-10,12-15H2,1-4H3,(H,27,28,29)/t19-,20-. The third kappa shape index (κ3) is 5.71. The largest absolute Gasteiger partial charge is 0.444 e. The number of amides is 1. The molecule has 1 fully saturated rings. The van der Waals surface area contributed by atoms with Crippen LogP contribution in [0.25, 0.3) is 16.6 Å². The van der Waals surface area contributed by atoms with Crippen molar-refractivity contribution in [3.05, 3.63) is 24.0 Å². The fraction of sp³-hybridized carbons (Fsp3) is 0.654. The van der Waals surface area contributed by atoms with Gasteiger partial charge in [-0.2, -0.15) is 4.98 Å². The van der Waals surface area contributed by atoms with Crippen LogP contribution in [0.5, 0.6) is 0 Å². The average molecular weight is 470 g/mol. The normalized spacial score (nSPS) is 21.4. The smallest absolute Gasteiger partial charge is 0.410 e. The molecule has 1 aliphatic carbocycles. The summed E-state index contributed by atoms with van der Waals surface area (Å²) in [6, 6.07) is 0.320. The Balaban J connectivity index is 1.61. The molecule has 3 heterocycles. The Morgan fingerprint density at radius 3 is 2.68 bits per heavy atom. The fourth-order valence-corrected chi connectivity index (χ4v) is 4.77. The Kier molecular flexibility index (Phi) is 7.45. The first-order valence-electron chi connectivity index (χ1n) is 12.7. The van der Waals surface area contributed by atoms with Crippen molar-refractivity contribution in [1.82, 2.24) is 19.4 Å². The lowest BCUT2D eigenvalue weighted by molar-refractivity contribution is 0.0270. The summed E-state index contributed by atoms with van der Waals surface area (Å²) in [5.74, 6) is 0.663. The molecule has 2 aromatic heterocycles. The van der Waals surface area contributed by atoms with Gasteiger partial charge < -0.3 is 24.6 Å². The molecule has 0 atom stereocenters. The maximum atomic E-state index is 12.5. The first kappa shape index (κ1) is 24.5. The molecular formula is C26H39N5O3. The van der Waals surface area contributed by atoms with Crippen molar-refractivity contribution < 1.29 is 14.6 Å². The Labute approximate surface area is 202 Å². The van der Waals surface area contributed by atoms with E-state index in [0.29, 0.717) is 25.1 Å². The number of ether oxygens (including phenoxy) is 1. The number of anilines is 1. The van der Waals surface area contributed by atoms with Crippen molar-refractivity contribution in [2.45, 2.75) is 90.4 Å². The van der Waals surface area contributed by atoms with E-state index in [0.717, 1.165) is 68.1 Å². The van der Waals surface area contributed by atoms with E-state index < -0.39 is 5.60 Å². The Bertz CT molecular complexity index is 1030. The molecule has 0 unspecified atom stereocenters. The maximum absolute atomic E-state index is 12.5. The molecule has 2 N–H and O–H groups in total. The van der Waals surface area contributed by atoms with E-state index in [1.54, 1.807) is 4.90 Å². The van der Waals surface area contributed by atoms with E-state index >= 15 is 0 Å². The highest BCUT2D eigenvalue weighted by Crippen LogP contribution is 2.36. The zero-order valence-corrected chi connectivity index (χ0v) is 21.0. The second kappa shape index (κ2) is 10.3. The summed E-state index contributed by atoms with van der Waals surface area (Å²) in [6.45, 7) is 9.85. The molecule has 186 valence electrons. The highest BCUT2D eigenvalue weighted by atomic mass is 16.6. The van der Waals surface area contributed by atoms with Crippen molar-refractivity contribution in [2.24, 2.45) is 0 Å². The van der Waals surface area contributed by atoms with Gasteiger partial charge >= 0.3 is 6.09 Å². The minimum atomic E-state index is -0.498. The van der Waals surface area contributed by atoms with E-state index in [-0.39, 0.29) is 12.2 Å². The monoisotopic (exact) mass is 469 g/mol. The van der Waals surface area contributed by atoms with Gasteiger partial charge in [0, 0.05) is 49.0 Å². The zero-order chi connectivity index (χ0) is 24.3. The predicted molar refractivity (Wildman–Crippen MR) is 135 cm³/mol. The number of hydrogen-bond donors (Lipinski definition) is 2. The van der Waals surface area contributed by atoms with Gasteiger partial charge in [0.2, 0.25) is 5.95 Å². The summed E-state index contributed by atoms with van der Waals surface area (Å²) in [4.78, 5) is 23.7. The van der Waals surface area contributed by atoms with Crippen LogP contribution in [-0.4, -0.2) is 62.0 Å². The van der Waals surface area contributed by atoms with Crippen LogP contribution in [0, 0.1) is 0 Å². The zero-order valence-electron chi connectivity index (χ0n) is 21.0. The molecule has 0 aromatic carbocycles. The van der Waals surface area contributed by atoms with Gasteiger partial charge in [0.15, 0.2) is 0 Å². The molecule has 0 radical (unpaired) electrons. The molecule has 1 amide bonds. The quantitative estimate of drug-likeness (QED) is 0.569. The first-order chi connectivity index (χ1) is 16.2. The minimum absolute atomic E-state index is 0.196. The van der Waals surface area contributed by atoms with Crippen molar-refractivity contribution in [3.63, 3.8) is 0 Å². The van der Waals surface area contributed by atoms with Crippen LogP contribution < -0.4 is 5.32 Å². The molecule has 1 aliphatic heterocycles. The van der Waals surface area contributed by atoms with Gasteiger partial charge in [-0.05, 0) is 64.9 Å². The van der Waals surface area contributed by atoms with Crippen molar-refractivity contribution in [1.29, 1.82) is 0 Å². The summed E-state index contributed by atoms with van der Waals surface area (Å²) in [5, 5.41) is 14.4. The number of aliphatic hydroxyl groups is 1. The number of hydrogen-bond acceptors (Lipinski definition) is 6. The third-order valence-corrected chi connectivity index (χ3v) is 6.65. The number of aromatic nitrogens is 3. The van der Waals surface area contributed by atoms with Gasteiger partial charge in [-0.3, -0.25) is 0 Å². The van der Waals surface area contributed by atoms with E-state index in [1.165, 1.54) is 5.57 Å². The minimum Gasteiger partial charge on any atom is -0.444 e. The lowest BCUT2D eigenvalue weighted by atomic mass is 9.93. The Hall–Kier alpha value is -2.61. The number of fused-ring (bicyclic) bond motifs is 1. The highest BCUT2D eigenvalue weighted by Gasteiger charge is 2.27. The van der Waals surface area contributed by atoms with Crippen molar-refractivity contribution in [2.75, 3.05) is 25.0 Å². The van der Waals surface area contributed by atoms with Crippen LogP contribution in [0.4, 0.5) is 10.7 Å². The molecule has 2 aromatic rings. The lowest BCUT2D eigenvalue weighted by Crippen LogP contribution is -2.39. The average Bonchev–Trinajstić information content (AvgIpc) is 3.18. The molecule has 1 saturated carbocycles. The second-order valence-corrected chi connectivity index (χ2v) is 10.5. The van der Waals surface area contributed by atoms with E-state index in [2.05, 4.69) is 34.1 Å². The summed E-state index contributed by atoms with van der Waals surface area (Å²) in [7, 11) is 0. The Morgan fingerprint density at radius 1 is 1.26 bits per heavy atom. The van der Waals surface area contributed by atoms with Crippen molar-refractivity contribution >= 4 is 28.6 Å². The van der Waals surface area contributed by atoms with Crippen molar-refractivity contribution in [3.8, 4) is 0 Å². The summed E-state index contributed by atoms with van der Waals surface area (Å²) < 4.78 is 7.84. The van der Waals surface area contributed by atoms with Gasteiger partial charge in [-0.25, -0.2) is 9.78 Å². The predicted octanol–water partition coefficient (Wildman–Crippen LogP) is 5.14. The lowest BCUT2D eigenvalue weighted by Gasteiger charge is -2.29. The number of nitrogens with one attached hydrogen (secondary N) is 1. The number of unbranched alkanes of at least 4 members (excludes halogenated alkanes) is 1. The maximum Gasteiger partial charge on any atom is 0.410 e. The molecule has 8 nitrogen and oxygen atoms in total. The SMILES string of the molecule is CCCCNc1ncc2c(C3=CCN(C(=O)OC(C)(C)C)CC3)cn([C@H]3CC[C@H](O)CC3)c2n1. The van der Waals surface area contributed by atoms with E-state index in [9.17, 15) is 9.90 Å². The number of rotatable bonds is 6. The number of carbonyl (C=O) groups excluding carboxylic acids is 1. The first-order valence-corrected chi connectivity index (χ1v) is 12.7. The van der Waals surface area contributed by atoms with Crippen LogP contribution in [0.1, 0.15) is 84.2 Å². The molecule has 4 rings (SSSR count). The summed E-state index contributed by atoms with van der Waals surface area (Å²) in [6.07, 6.45) is 12.3. The molecular weight excluding hydrogens is 430 g/mol. The Morgan fingerprint density at radius 2 is 2.03 bits per heavy atom. The van der Waals surface area contributed by atoms with Gasteiger partial charge in [-0.1, -0.05) is 19.4 Å². The van der Waals surface area contributed by atoms with E-state index in [1.807, 2.05) is 27.0 Å². The van der Waals surface area contributed by atoms with Crippen LogP contribution in [0.2, 0.25) is 0 Å². The molecule has 8 heteroatoms. The topological polar surface area (TPSA) is 92.5 Å². The van der Waals surface area contributed by atoms with Crippen LogP contribution in [0.3, 0.4) is 0 Å². The van der Waals surface area contributed by atoms with Crippen LogP contribution in [0.15, 0.2) is 18.5 Å². The van der Waals surface area contributed by atoms with Crippen LogP contribution >= 0.6 is 0 Å². The fourth-order valence-electron chi connectivity index (χ4n) is 4.77. The molecule has 0 spiro atoms. The molecule has 2 aliphatic rings. The third-order valence-electron chi connectivity index (χ3n) is 6.65. The number of nitrogens with zero attached hydrogens (tertiary/aromatic N) is 4. The van der Waals surface area contributed by atoms with E-state index in [4.69, 9.17) is 9.72 Å². The van der Waals surface area contributed by atoms with Gasteiger partial charge in [-0.15, -0.1) is 0 Å².